The van der Waals surface area contributed by atoms with Gasteiger partial charge >= 0.3 is 0 Å². The van der Waals surface area contributed by atoms with E-state index >= 15 is 0 Å². The number of nitrogens with zero attached hydrogens (tertiary/aromatic N) is 1. The second kappa shape index (κ2) is 2.44. The third-order valence-electron chi connectivity index (χ3n) is 2.35. The first kappa shape index (κ1) is 8.01. The van der Waals surface area contributed by atoms with Crippen molar-refractivity contribution in [1.82, 2.24) is 4.98 Å². The zero-order valence-corrected chi connectivity index (χ0v) is 7.77. The van der Waals surface area contributed by atoms with Crippen LogP contribution in [0.2, 0.25) is 0 Å². The van der Waals surface area contributed by atoms with E-state index in [4.69, 9.17) is 5.73 Å². The Balaban J connectivity index is 2.20. The lowest BCUT2D eigenvalue weighted by atomic mass is 9.71. The highest BCUT2D eigenvalue weighted by molar-refractivity contribution is 7.15. The molecule has 12 heavy (non-hydrogen) atoms. The highest BCUT2D eigenvalue weighted by Gasteiger charge is 2.42. The number of rotatable bonds is 1. The Bertz CT molecular complexity index is 291. The fraction of sp³-hybridized carbons (Fsp3) is 0.625. The van der Waals surface area contributed by atoms with Gasteiger partial charge < -0.3 is 10.8 Å². The van der Waals surface area contributed by atoms with Crippen LogP contribution in [-0.2, 0) is 5.60 Å². The SMILES string of the molecule is CC1CC(O)(c2cnc(N)s2)C1. The van der Waals surface area contributed by atoms with E-state index in [9.17, 15) is 5.11 Å². The van der Waals surface area contributed by atoms with Gasteiger partial charge in [0, 0.05) is 6.20 Å². The van der Waals surface area contributed by atoms with Crippen LogP contribution in [-0.4, -0.2) is 10.1 Å². The molecule has 1 fully saturated rings. The Morgan fingerprint density at radius 1 is 1.75 bits per heavy atom. The summed E-state index contributed by atoms with van der Waals surface area (Å²) >= 11 is 1.39. The van der Waals surface area contributed by atoms with Crippen molar-refractivity contribution in [2.24, 2.45) is 5.92 Å². The summed E-state index contributed by atoms with van der Waals surface area (Å²) in [6.45, 7) is 2.14. The second-order valence-corrected chi connectivity index (χ2v) is 4.67. The largest absolute Gasteiger partial charge is 0.384 e. The van der Waals surface area contributed by atoms with Crippen molar-refractivity contribution in [2.75, 3.05) is 5.73 Å². The van der Waals surface area contributed by atoms with Gasteiger partial charge in [-0.05, 0) is 18.8 Å². The molecular formula is C8H12N2OS. The lowest BCUT2D eigenvalue weighted by Gasteiger charge is -2.40. The monoisotopic (exact) mass is 184 g/mol. The van der Waals surface area contributed by atoms with Crippen LogP contribution in [0.15, 0.2) is 6.20 Å². The van der Waals surface area contributed by atoms with Crippen LogP contribution < -0.4 is 5.73 Å². The first-order valence-corrected chi connectivity index (χ1v) is 4.86. The fourth-order valence-electron chi connectivity index (χ4n) is 1.80. The molecule has 0 radical (unpaired) electrons. The Kier molecular flexibility index (Phi) is 1.63. The highest BCUT2D eigenvalue weighted by Crippen LogP contribution is 2.47. The Hall–Kier alpha value is -0.610. The standard InChI is InChI=1S/C8H12N2OS/c1-5-2-8(11,3-5)6-4-10-7(9)12-6/h4-5,11H,2-3H2,1H3,(H2,9,10). The predicted molar refractivity (Wildman–Crippen MR) is 48.8 cm³/mol. The van der Waals surface area contributed by atoms with Crippen molar-refractivity contribution in [3.05, 3.63) is 11.1 Å². The van der Waals surface area contributed by atoms with Crippen molar-refractivity contribution >= 4 is 16.5 Å². The molecule has 1 aliphatic rings. The van der Waals surface area contributed by atoms with Gasteiger partial charge in [0.05, 0.1) is 4.88 Å². The van der Waals surface area contributed by atoms with E-state index in [1.807, 2.05) is 0 Å². The topological polar surface area (TPSA) is 59.1 Å². The van der Waals surface area contributed by atoms with Gasteiger partial charge in [-0.2, -0.15) is 0 Å². The van der Waals surface area contributed by atoms with Crippen molar-refractivity contribution in [3.63, 3.8) is 0 Å². The molecule has 3 nitrogen and oxygen atoms in total. The Morgan fingerprint density at radius 2 is 2.42 bits per heavy atom. The molecule has 0 unspecified atom stereocenters. The van der Waals surface area contributed by atoms with E-state index in [0.29, 0.717) is 11.0 Å². The van der Waals surface area contributed by atoms with Crippen LogP contribution in [0.4, 0.5) is 5.13 Å². The summed E-state index contributed by atoms with van der Waals surface area (Å²) < 4.78 is 0. The lowest BCUT2D eigenvalue weighted by Crippen LogP contribution is -2.38. The smallest absolute Gasteiger partial charge is 0.180 e. The van der Waals surface area contributed by atoms with Crippen molar-refractivity contribution < 1.29 is 5.11 Å². The number of hydrogen-bond acceptors (Lipinski definition) is 4. The summed E-state index contributed by atoms with van der Waals surface area (Å²) in [5, 5.41) is 10.5. The molecule has 1 aromatic heterocycles. The van der Waals surface area contributed by atoms with E-state index < -0.39 is 5.60 Å². The summed E-state index contributed by atoms with van der Waals surface area (Å²) in [5.74, 6) is 0.623. The minimum absolute atomic E-state index is 0.540. The molecule has 1 saturated carbocycles. The number of nitrogen functional groups attached to an aromatic ring is 1. The van der Waals surface area contributed by atoms with Gasteiger partial charge in [0.15, 0.2) is 5.13 Å². The number of aliphatic hydroxyl groups is 1. The number of aromatic nitrogens is 1. The molecule has 0 aliphatic heterocycles. The van der Waals surface area contributed by atoms with Crippen LogP contribution in [0.3, 0.4) is 0 Å². The lowest BCUT2D eigenvalue weighted by molar-refractivity contribution is -0.0709. The van der Waals surface area contributed by atoms with E-state index in [-0.39, 0.29) is 0 Å². The maximum Gasteiger partial charge on any atom is 0.180 e. The van der Waals surface area contributed by atoms with Gasteiger partial charge in [0.25, 0.3) is 0 Å². The predicted octanol–water partition coefficient (Wildman–Crippen LogP) is 1.34. The summed E-state index contributed by atoms with van der Waals surface area (Å²) in [6, 6.07) is 0. The molecule has 0 bridgehead atoms. The van der Waals surface area contributed by atoms with E-state index in [2.05, 4.69) is 11.9 Å². The third kappa shape index (κ3) is 1.11. The van der Waals surface area contributed by atoms with Crippen molar-refractivity contribution in [2.45, 2.75) is 25.4 Å². The summed E-state index contributed by atoms with van der Waals surface area (Å²) in [4.78, 5) is 4.84. The van der Waals surface area contributed by atoms with E-state index in [1.165, 1.54) is 11.3 Å². The maximum atomic E-state index is 9.98. The van der Waals surface area contributed by atoms with Crippen LogP contribution in [0.1, 0.15) is 24.6 Å². The molecule has 0 atom stereocenters. The maximum absolute atomic E-state index is 9.98. The molecule has 66 valence electrons. The quantitative estimate of drug-likeness (QED) is 0.692. The molecule has 3 N–H and O–H groups in total. The van der Waals surface area contributed by atoms with Gasteiger partial charge in [-0.1, -0.05) is 18.3 Å². The molecular weight excluding hydrogens is 172 g/mol. The zero-order chi connectivity index (χ0) is 8.77. The highest BCUT2D eigenvalue weighted by atomic mass is 32.1. The zero-order valence-electron chi connectivity index (χ0n) is 6.95. The minimum Gasteiger partial charge on any atom is -0.384 e. The number of thiazole rings is 1. The Labute approximate surface area is 75.2 Å². The summed E-state index contributed by atoms with van der Waals surface area (Å²) in [5.41, 5.74) is 4.87. The average molecular weight is 184 g/mol. The van der Waals surface area contributed by atoms with E-state index in [0.717, 1.165) is 17.7 Å². The molecule has 0 aromatic carbocycles. The van der Waals surface area contributed by atoms with Crippen LogP contribution in [0.5, 0.6) is 0 Å². The Morgan fingerprint density at radius 3 is 2.83 bits per heavy atom. The molecule has 4 heteroatoms. The van der Waals surface area contributed by atoms with Gasteiger partial charge in [0.2, 0.25) is 0 Å². The van der Waals surface area contributed by atoms with Crippen LogP contribution in [0.25, 0.3) is 0 Å². The molecule has 1 aliphatic carbocycles. The van der Waals surface area contributed by atoms with Crippen LogP contribution >= 0.6 is 11.3 Å². The second-order valence-electron chi connectivity index (χ2n) is 3.61. The first-order valence-electron chi connectivity index (χ1n) is 4.04. The minimum atomic E-state index is -0.616. The third-order valence-corrected chi connectivity index (χ3v) is 3.37. The van der Waals surface area contributed by atoms with E-state index in [1.54, 1.807) is 6.20 Å². The molecule has 0 spiro atoms. The molecule has 1 aromatic rings. The first-order chi connectivity index (χ1) is 5.60. The molecule has 1 heterocycles. The van der Waals surface area contributed by atoms with Gasteiger partial charge in [-0.3, -0.25) is 0 Å². The molecule has 2 rings (SSSR count). The van der Waals surface area contributed by atoms with Gasteiger partial charge in [0.1, 0.15) is 5.60 Å². The summed E-state index contributed by atoms with van der Waals surface area (Å²) in [6.07, 6.45) is 3.37. The van der Waals surface area contributed by atoms with Crippen LogP contribution in [0, 0.1) is 5.92 Å². The van der Waals surface area contributed by atoms with Crippen molar-refractivity contribution in [1.29, 1.82) is 0 Å². The molecule has 0 amide bonds. The normalized spacial score (nSPS) is 34.7. The molecule has 0 saturated heterocycles. The fourth-order valence-corrected chi connectivity index (χ4v) is 2.59. The summed E-state index contributed by atoms with van der Waals surface area (Å²) in [7, 11) is 0. The number of hydrogen-bond donors (Lipinski definition) is 2. The van der Waals surface area contributed by atoms with Crippen molar-refractivity contribution in [3.8, 4) is 0 Å². The van der Waals surface area contributed by atoms with Gasteiger partial charge in [-0.25, -0.2) is 4.98 Å². The average Bonchev–Trinajstić information content (AvgIpc) is 2.33. The number of nitrogens with two attached hydrogens (primary N) is 1. The number of anilines is 1. The van der Waals surface area contributed by atoms with Gasteiger partial charge in [-0.15, -0.1) is 0 Å².